The van der Waals surface area contributed by atoms with Gasteiger partial charge in [0.25, 0.3) is 5.89 Å². The predicted molar refractivity (Wildman–Crippen MR) is 74.4 cm³/mol. The zero-order chi connectivity index (χ0) is 14.7. The number of benzene rings is 1. The van der Waals surface area contributed by atoms with E-state index in [4.69, 9.17) is 9.63 Å². The number of hydrogen-bond donors (Lipinski definition) is 1. The standard InChI is InChI=1S/C14H15N5O2/c1-10-3-2-4-11(7-10)14-15-13(17-21-14)9-19-8-12(5-6-20)16-18-19/h2-4,7-8,20H,5-6,9H2,1H3. The Morgan fingerprint density at radius 2 is 2.24 bits per heavy atom. The Morgan fingerprint density at radius 1 is 1.33 bits per heavy atom. The van der Waals surface area contributed by atoms with Crippen molar-refractivity contribution in [3.05, 3.63) is 47.5 Å². The third-order valence-electron chi connectivity index (χ3n) is 2.99. The molecule has 0 atom stereocenters. The molecule has 0 aliphatic carbocycles. The number of aromatic nitrogens is 5. The lowest BCUT2D eigenvalue weighted by Gasteiger charge is -1.95. The highest BCUT2D eigenvalue weighted by Gasteiger charge is 2.10. The van der Waals surface area contributed by atoms with Crippen molar-refractivity contribution in [2.75, 3.05) is 6.61 Å². The van der Waals surface area contributed by atoms with E-state index in [1.54, 1.807) is 10.9 Å². The zero-order valence-electron chi connectivity index (χ0n) is 11.6. The van der Waals surface area contributed by atoms with Gasteiger partial charge in [-0.1, -0.05) is 28.1 Å². The van der Waals surface area contributed by atoms with Crippen LogP contribution in [0.5, 0.6) is 0 Å². The van der Waals surface area contributed by atoms with Gasteiger partial charge < -0.3 is 9.63 Å². The maximum absolute atomic E-state index is 8.85. The number of rotatable bonds is 5. The summed E-state index contributed by atoms with van der Waals surface area (Å²) in [6, 6.07) is 7.89. The van der Waals surface area contributed by atoms with E-state index in [1.165, 1.54) is 0 Å². The van der Waals surface area contributed by atoms with Crippen molar-refractivity contribution in [1.29, 1.82) is 0 Å². The lowest BCUT2D eigenvalue weighted by molar-refractivity contribution is 0.298. The molecule has 0 bridgehead atoms. The fourth-order valence-corrected chi connectivity index (χ4v) is 2.00. The summed E-state index contributed by atoms with van der Waals surface area (Å²) in [4.78, 5) is 4.36. The van der Waals surface area contributed by atoms with Gasteiger partial charge in [0.15, 0.2) is 5.82 Å². The Balaban J connectivity index is 1.75. The van der Waals surface area contributed by atoms with Gasteiger partial charge in [-0.05, 0) is 19.1 Å². The summed E-state index contributed by atoms with van der Waals surface area (Å²) < 4.78 is 6.89. The van der Waals surface area contributed by atoms with Gasteiger partial charge in [-0.15, -0.1) is 5.10 Å². The van der Waals surface area contributed by atoms with Gasteiger partial charge in [0.1, 0.15) is 6.54 Å². The molecule has 0 saturated carbocycles. The third kappa shape index (κ3) is 3.14. The Kier molecular flexibility index (Phi) is 3.74. The quantitative estimate of drug-likeness (QED) is 0.758. The first-order valence-electron chi connectivity index (χ1n) is 6.64. The molecule has 7 heteroatoms. The molecule has 3 aromatic rings. The van der Waals surface area contributed by atoms with E-state index >= 15 is 0 Å². The molecular weight excluding hydrogens is 270 g/mol. The lowest BCUT2D eigenvalue weighted by Crippen LogP contribution is -2.02. The Hall–Kier alpha value is -2.54. The van der Waals surface area contributed by atoms with Crippen molar-refractivity contribution in [1.82, 2.24) is 25.1 Å². The number of aliphatic hydroxyl groups is 1. The molecule has 0 unspecified atom stereocenters. The largest absolute Gasteiger partial charge is 0.396 e. The van der Waals surface area contributed by atoms with Crippen LogP contribution in [-0.2, 0) is 13.0 Å². The van der Waals surface area contributed by atoms with E-state index in [0.717, 1.165) is 16.8 Å². The number of aryl methyl sites for hydroxylation is 1. The molecule has 2 heterocycles. The molecule has 2 aromatic heterocycles. The van der Waals surface area contributed by atoms with Gasteiger partial charge in [-0.25, -0.2) is 4.68 Å². The average Bonchev–Trinajstić information content (AvgIpc) is 3.10. The fourth-order valence-electron chi connectivity index (χ4n) is 2.00. The summed E-state index contributed by atoms with van der Waals surface area (Å²) in [5.41, 5.74) is 2.77. The average molecular weight is 285 g/mol. The summed E-state index contributed by atoms with van der Waals surface area (Å²) in [6.45, 7) is 2.45. The second kappa shape index (κ2) is 5.84. The summed E-state index contributed by atoms with van der Waals surface area (Å²) in [5.74, 6) is 1.02. The number of hydrogen-bond acceptors (Lipinski definition) is 6. The van der Waals surface area contributed by atoms with Crippen LogP contribution in [0.3, 0.4) is 0 Å². The zero-order valence-corrected chi connectivity index (χ0v) is 11.6. The van der Waals surface area contributed by atoms with Crippen LogP contribution in [0.15, 0.2) is 35.0 Å². The molecule has 1 aromatic carbocycles. The van der Waals surface area contributed by atoms with E-state index in [-0.39, 0.29) is 6.61 Å². The SMILES string of the molecule is Cc1cccc(-c2nc(Cn3cc(CCO)nn3)no2)c1. The Morgan fingerprint density at radius 3 is 3.05 bits per heavy atom. The van der Waals surface area contributed by atoms with E-state index in [2.05, 4.69) is 20.5 Å². The Labute approximate surface area is 121 Å². The van der Waals surface area contributed by atoms with Crippen molar-refractivity contribution in [2.45, 2.75) is 19.9 Å². The molecule has 0 saturated heterocycles. The smallest absolute Gasteiger partial charge is 0.257 e. The monoisotopic (exact) mass is 285 g/mol. The van der Waals surface area contributed by atoms with Crippen molar-refractivity contribution in [3.63, 3.8) is 0 Å². The minimum absolute atomic E-state index is 0.0540. The number of nitrogens with zero attached hydrogens (tertiary/aromatic N) is 5. The van der Waals surface area contributed by atoms with Crippen molar-refractivity contribution >= 4 is 0 Å². The molecule has 3 rings (SSSR count). The normalized spacial score (nSPS) is 11.0. The molecule has 21 heavy (non-hydrogen) atoms. The summed E-state index contributed by atoms with van der Waals surface area (Å²) in [6.07, 6.45) is 2.25. The van der Waals surface area contributed by atoms with Crippen LogP contribution < -0.4 is 0 Å². The fraction of sp³-hybridized carbons (Fsp3) is 0.286. The molecule has 0 radical (unpaired) electrons. The molecule has 1 N–H and O–H groups in total. The topological polar surface area (TPSA) is 89.9 Å². The van der Waals surface area contributed by atoms with Crippen LogP contribution in [0.4, 0.5) is 0 Å². The van der Waals surface area contributed by atoms with Crippen LogP contribution in [0.25, 0.3) is 11.5 Å². The van der Waals surface area contributed by atoms with Gasteiger partial charge >= 0.3 is 0 Å². The number of aliphatic hydroxyl groups excluding tert-OH is 1. The maximum atomic E-state index is 8.85. The van der Waals surface area contributed by atoms with E-state index < -0.39 is 0 Å². The van der Waals surface area contributed by atoms with E-state index in [9.17, 15) is 0 Å². The van der Waals surface area contributed by atoms with Crippen molar-refractivity contribution in [2.24, 2.45) is 0 Å². The lowest BCUT2D eigenvalue weighted by atomic mass is 10.1. The molecule has 0 amide bonds. The van der Waals surface area contributed by atoms with Gasteiger partial charge in [0.2, 0.25) is 0 Å². The van der Waals surface area contributed by atoms with Crippen molar-refractivity contribution in [3.8, 4) is 11.5 Å². The molecule has 7 nitrogen and oxygen atoms in total. The van der Waals surface area contributed by atoms with Crippen molar-refractivity contribution < 1.29 is 9.63 Å². The van der Waals surface area contributed by atoms with Crippen LogP contribution in [0, 0.1) is 6.92 Å². The molecule has 0 aliphatic heterocycles. The molecule has 0 fully saturated rings. The van der Waals surface area contributed by atoms with Gasteiger partial charge in [0.05, 0.1) is 5.69 Å². The molecular formula is C14H15N5O2. The van der Waals surface area contributed by atoms with Gasteiger partial charge in [-0.2, -0.15) is 4.98 Å². The first-order chi connectivity index (χ1) is 10.2. The summed E-state index contributed by atoms with van der Waals surface area (Å²) in [7, 11) is 0. The minimum Gasteiger partial charge on any atom is -0.396 e. The van der Waals surface area contributed by atoms with Crippen LogP contribution in [0.1, 0.15) is 17.1 Å². The minimum atomic E-state index is 0.0540. The van der Waals surface area contributed by atoms with Crippen LogP contribution in [-0.4, -0.2) is 36.8 Å². The van der Waals surface area contributed by atoms with Gasteiger partial charge in [-0.3, -0.25) is 0 Å². The Bertz CT molecular complexity index is 734. The van der Waals surface area contributed by atoms with Crippen LogP contribution >= 0.6 is 0 Å². The molecule has 0 aliphatic rings. The van der Waals surface area contributed by atoms with Gasteiger partial charge in [0, 0.05) is 24.8 Å². The highest BCUT2D eigenvalue weighted by molar-refractivity contribution is 5.53. The predicted octanol–water partition coefficient (Wildman–Crippen LogP) is 1.22. The first kappa shape index (κ1) is 13.4. The third-order valence-corrected chi connectivity index (χ3v) is 2.99. The molecule has 0 spiro atoms. The second-order valence-electron chi connectivity index (χ2n) is 4.77. The maximum Gasteiger partial charge on any atom is 0.257 e. The summed E-state index contributed by atoms with van der Waals surface area (Å²) in [5, 5.41) is 20.7. The highest BCUT2D eigenvalue weighted by atomic mass is 16.5. The second-order valence-corrected chi connectivity index (χ2v) is 4.77. The van der Waals surface area contributed by atoms with Crippen LogP contribution in [0.2, 0.25) is 0 Å². The highest BCUT2D eigenvalue weighted by Crippen LogP contribution is 2.18. The summed E-state index contributed by atoms with van der Waals surface area (Å²) >= 11 is 0. The molecule has 108 valence electrons. The first-order valence-corrected chi connectivity index (χ1v) is 6.64. The van der Waals surface area contributed by atoms with E-state index in [0.29, 0.717) is 24.7 Å². The van der Waals surface area contributed by atoms with E-state index in [1.807, 2.05) is 31.2 Å².